The summed E-state index contributed by atoms with van der Waals surface area (Å²) < 4.78 is 11.6. The third kappa shape index (κ3) is 3.82. The largest absolute Gasteiger partial charge is 0.483 e. The van der Waals surface area contributed by atoms with Gasteiger partial charge in [-0.05, 0) is 43.6 Å². The molecule has 2 heterocycles. The Balaban J connectivity index is 1.83. The first kappa shape index (κ1) is 15.0. The third-order valence-electron chi connectivity index (χ3n) is 2.70. The van der Waals surface area contributed by atoms with E-state index < -0.39 is 5.60 Å². The molecule has 6 nitrogen and oxygen atoms in total. The van der Waals surface area contributed by atoms with Crippen LogP contribution >= 0.6 is 15.9 Å². The fourth-order valence-corrected chi connectivity index (χ4v) is 2.08. The van der Waals surface area contributed by atoms with Crippen LogP contribution in [-0.2, 0) is 4.74 Å². The maximum Gasteiger partial charge on any atom is 0.410 e. The summed E-state index contributed by atoms with van der Waals surface area (Å²) in [4.78, 5) is 21.6. The van der Waals surface area contributed by atoms with E-state index in [9.17, 15) is 4.79 Å². The molecule has 110 valence electrons. The second kappa shape index (κ2) is 5.55. The molecule has 0 aromatic carbocycles. The minimum atomic E-state index is -0.473. The van der Waals surface area contributed by atoms with E-state index in [4.69, 9.17) is 9.47 Å². The normalized spacial score (nSPS) is 15.8. The highest BCUT2D eigenvalue weighted by atomic mass is 79.9. The van der Waals surface area contributed by atoms with Gasteiger partial charge >= 0.3 is 6.09 Å². The Labute approximate surface area is 126 Å². The summed E-state index contributed by atoms with van der Waals surface area (Å²) in [6.07, 6.45) is 1.29. The Morgan fingerprint density at radius 2 is 2.10 bits per heavy atom. The number of hydrogen-bond acceptors (Lipinski definition) is 5. The van der Waals surface area contributed by atoms with E-state index in [1.54, 1.807) is 11.1 Å². The number of aromatic nitrogens is 2. The number of aryl methyl sites for hydroxylation is 1. The highest BCUT2D eigenvalue weighted by molar-refractivity contribution is 9.10. The van der Waals surface area contributed by atoms with Crippen molar-refractivity contribution in [1.82, 2.24) is 14.9 Å². The summed E-state index contributed by atoms with van der Waals surface area (Å²) in [5.41, 5.74) is 0.293. The third-order valence-corrected chi connectivity index (χ3v) is 3.08. The summed E-state index contributed by atoms with van der Waals surface area (Å²) in [5.74, 6) is 0.641. The molecule has 0 bridgehead atoms. The van der Waals surface area contributed by atoms with E-state index in [2.05, 4.69) is 25.9 Å². The van der Waals surface area contributed by atoms with Gasteiger partial charge < -0.3 is 14.4 Å². The molecular formula is C13H18BrN3O3. The number of carbonyl (C=O) groups excluding carboxylic acids is 1. The summed E-state index contributed by atoms with van der Waals surface area (Å²) in [7, 11) is 0. The maximum atomic E-state index is 11.8. The van der Waals surface area contributed by atoms with Crippen LogP contribution in [0.25, 0.3) is 0 Å². The van der Waals surface area contributed by atoms with Crippen molar-refractivity contribution in [3.63, 3.8) is 0 Å². The Morgan fingerprint density at radius 3 is 2.65 bits per heavy atom. The van der Waals surface area contributed by atoms with Gasteiger partial charge in [-0.1, -0.05) is 0 Å². The second-order valence-electron chi connectivity index (χ2n) is 5.71. The standard InChI is InChI=1S/C13H18BrN3O3/c1-8-10(5-15-11(14)16-8)19-9-6-17(7-9)12(18)20-13(2,3)4/h5,9H,6-7H2,1-4H3. The van der Waals surface area contributed by atoms with E-state index in [0.29, 0.717) is 23.6 Å². The van der Waals surface area contributed by atoms with Crippen LogP contribution in [0.2, 0.25) is 0 Å². The first-order chi connectivity index (χ1) is 9.24. The molecule has 0 aliphatic carbocycles. The lowest BCUT2D eigenvalue weighted by Gasteiger charge is -2.39. The van der Waals surface area contributed by atoms with Crippen molar-refractivity contribution in [1.29, 1.82) is 0 Å². The topological polar surface area (TPSA) is 64.6 Å². The minimum Gasteiger partial charge on any atom is -0.483 e. The summed E-state index contributed by atoms with van der Waals surface area (Å²) >= 11 is 3.20. The zero-order chi connectivity index (χ0) is 14.9. The molecule has 0 N–H and O–H groups in total. The van der Waals surface area contributed by atoms with Crippen LogP contribution in [0, 0.1) is 6.92 Å². The Hall–Kier alpha value is -1.37. The summed E-state index contributed by atoms with van der Waals surface area (Å²) in [5, 5.41) is 0. The van der Waals surface area contributed by atoms with Crippen molar-refractivity contribution in [2.24, 2.45) is 0 Å². The van der Waals surface area contributed by atoms with Crippen molar-refractivity contribution in [3.8, 4) is 5.75 Å². The lowest BCUT2D eigenvalue weighted by molar-refractivity contribution is -0.0224. The molecule has 0 spiro atoms. The highest BCUT2D eigenvalue weighted by Gasteiger charge is 2.35. The lowest BCUT2D eigenvalue weighted by atomic mass is 10.1. The molecule has 1 aromatic rings. The molecule has 1 amide bonds. The molecule has 20 heavy (non-hydrogen) atoms. The van der Waals surface area contributed by atoms with Crippen molar-refractivity contribution >= 4 is 22.0 Å². The fourth-order valence-electron chi connectivity index (χ4n) is 1.71. The molecule has 7 heteroatoms. The number of halogens is 1. The van der Waals surface area contributed by atoms with Crippen molar-refractivity contribution in [2.45, 2.75) is 39.4 Å². The fraction of sp³-hybridized carbons (Fsp3) is 0.615. The molecule has 1 aromatic heterocycles. The summed E-state index contributed by atoms with van der Waals surface area (Å²) in [6.45, 7) is 8.44. The van der Waals surface area contributed by atoms with Gasteiger partial charge in [-0.2, -0.15) is 0 Å². The van der Waals surface area contributed by atoms with Crippen molar-refractivity contribution in [2.75, 3.05) is 13.1 Å². The quantitative estimate of drug-likeness (QED) is 0.772. The molecule has 0 unspecified atom stereocenters. The molecule has 1 fully saturated rings. The molecule has 0 radical (unpaired) electrons. The van der Waals surface area contributed by atoms with Crippen LogP contribution in [-0.4, -0.2) is 45.8 Å². The molecule has 2 rings (SSSR count). The Bertz CT molecular complexity index is 510. The van der Waals surface area contributed by atoms with E-state index in [1.165, 1.54) is 0 Å². The van der Waals surface area contributed by atoms with Crippen molar-refractivity contribution in [3.05, 3.63) is 16.6 Å². The molecule has 1 saturated heterocycles. The van der Waals surface area contributed by atoms with E-state index >= 15 is 0 Å². The van der Waals surface area contributed by atoms with Gasteiger partial charge in [-0.15, -0.1) is 0 Å². The highest BCUT2D eigenvalue weighted by Crippen LogP contribution is 2.22. The van der Waals surface area contributed by atoms with Gasteiger partial charge in [0.15, 0.2) is 10.5 Å². The van der Waals surface area contributed by atoms with Gasteiger partial charge in [0.2, 0.25) is 0 Å². The zero-order valence-corrected chi connectivity index (χ0v) is 13.6. The maximum absolute atomic E-state index is 11.8. The van der Waals surface area contributed by atoms with Gasteiger partial charge in [0.25, 0.3) is 0 Å². The van der Waals surface area contributed by atoms with Gasteiger partial charge in [0.1, 0.15) is 11.7 Å². The van der Waals surface area contributed by atoms with Gasteiger partial charge in [-0.25, -0.2) is 14.8 Å². The average Bonchev–Trinajstić information content (AvgIpc) is 2.22. The van der Waals surface area contributed by atoms with Crippen LogP contribution in [0.4, 0.5) is 4.79 Å². The first-order valence-electron chi connectivity index (χ1n) is 6.38. The predicted molar refractivity (Wildman–Crippen MR) is 76.7 cm³/mol. The molecule has 0 atom stereocenters. The Morgan fingerprint density at radius 1 is 1.45 bits per heavy atom. The van der Waals surface area contributed by atoms with Crippen LogP contribution in [0.3, 0.4) is 0 Å². The van der Waals surface area contributed by atoms with Crippen LogP contribution in [0.1, 0.15) is 26.5 Å². The van der Waals surface area contributed by atoms with E-state index in [-0.39, 0.29) is 12.2 Å². The number of ether oxygens (including phenoxy) is 2. The van der Waals surface area contributed by atoms with E-state index in [1.807, 2.05) is 27.7 Å². The van der Waals surface area contributed by atoms with Gasteiger partial charge in [-0.3, -0.25) is 0 Å². The number of nitrogens with zero attached hydrogens (tertiary/aromatic N) is 3. The minimum absolute atomic E-state index is 0.0361. The predicted octanol–water partition coefficient (Wildman–Crippen LogP) is 2.55. The number of rotatable bonds is 2. The number of likely N-dealkylation sites (tertiary alicyclic amines) is 1. The molecular weight excluding hydrogens is 326 g/mol. The van der Waals surface area contributed by atoms with Gasteiger partial charge in [0.05, 0.1) is 25.0 Å². The average molecular weight is 344 g/mol. The number of carbonyl (C=O) groups is 1. The second-order valence-corrected chi connectivity index (χ2v) is 6.42. The zero-order valence-electron chi connectivity index (χ0n) is 12.0. The molecule has 1 aliphatic heterocycles. The number of hydrogen-bond donors (Lipinski definition) is 0. The summed E-state index contributed by atoms with van der Waals surface area (Å²) in [6, 6.07) is 0. The van der Waals surface area contributed by atoms with E-state index in [0.717, 1.165) is 5.69 Å². The smallest absolute Gasteiger partial charge is 0.410 e. The van der Waals surface area contributed by atoms with Crippen LogP contribution < -0.4 is 4.74 Å². The molecule has 1 aliphatic rings. The monoisotopic (exact) mass is 343 g/mol. The van der Waals surface area contributed by atoms with Crippen molar-refractivity contribution < 1.29 is 14.3 Å². The molecule has 0 saturated carbocycles. The lowest BCUT2D eigenvalue weighted by Crippen LogP contribution is -2.57. The van der Waals surface area contributed by atoms with Gasteiger partial charge in [0, 0.05) is 0 Å². The van der Waals surface area contributed by atoms with Crippen LogP contribution in [0.15, 0.2) is 10.9 Å². The first-order valence-corrected chi connectivity index (χ1v) is 7.17. The SMILES string of the molecule is Cc1nc(Br)ncc1OC1CN(C(=O)OC(C)(C)C)C1. The van der Waals surface area contributed by atoms with Crippen LogP contribution in [0.5, 0.6) is 5.75 Å². The number of amides is 1. The Kier molecular flexibility index (Phi) is 4.17.